The smallest absolute Gasteiger partial charge is 0.549 e. The maximum Gasteiger partial charge on any atom is 1.00 e. The van der Waals surface area contributed by atoms with Gasteiger partial charge in [-0.25, -0.2) is 0 Å². The van der Waals surface area contributed by atoms with Gasteiger partial charge in [0.05, 0.1) is 24.6 Å². The van der Waals surface area contributed by atoms with Crippen molar-refractivity contribution in [2.45, 2.75) is 58.8 Å². The first-order valence-corrected chi connectivity index (χ1v) is 8.16. The van der Waals surface area contributed by atoms with Crippen LogP contribution >= 0.6 is 0 Å². The van der Waals surface area contributed by atoms with Gasteiger partial charge in [-0.1, -0.05) is 45.4 Å². The van der Waals surface area contributed by atoms with E-state index in [-0.39, 0.29) is 62.3 Å². The molecule has 2 N–H and O–H groups in total. The molecule has 0 aromatic heterocycles. The Morgan fingerprint density at radius 3 is 1.91 bits per heavy atom. The third kappa shape index (κ3) is 9.05. The standard InChI is InChI=1S/C16H31NO5.Na/c1-3-4-5-6-7-8-9-16(2,15(21)22)14(20)17(10-12-18)11-13-19;/h18-19H,3-13H2,1-2H3,(H,21,22);/q;+1/p-1. The molecule has 0 spiro atoms. The topological polar surface area (TPSA) is 101 Å². The predicted molar refractivity (Wildman–Crippen MR) is 81.9 cm³/mol. The van der Waals surface area contributed by atoms with E-state index >= 15 is 0 Å². The Balaban J connectivity index is 0. The number of aliphatic carboxylic acids is 1. The minimum absolute atomic E-state index is 0. The van der Waals surface area contributed by atoms with Crippen LogP contribution in [0.4, 0.5) is 0 Å². The first-order chi connectivity index (χ1) is 10.4. The summed E-state index contributed by atoms with van der Waals surface area (Å²) in [5.41, 5.74) is -1.60. The molecule has 0 fully saturated rings. The molecular weight excluding hydrogens is 309 g/mol. The summed E-state index contributed by atoms with van der Waals surface area (Å²) in [5, 5.41) is 29.4. The second kappa shape index (κ2) is 14.2. The van der Waals surface area contributed by atoms with Crippen LogP contribution in [0.5, 0.6) is 0 Å². The molecule has 0 aliphatic heterocycles. The minimum Gasteiger partial charge on any atom is -0.549 e. The van der Waals surface area contributed by atoms with E-state index in [0.717, 1.165) is 32.1 Å². The first kappa shape index (κ1) is 25.1. The van der Waals surface area contributed by atoms with E-state index in [1.54, 1.807) is 0 Å². The van der Waals surface area contributed by atoms with Crippen LogP contribution in [0, 0.1) is 5.41 Å². The van der Waals surface area contributed by atoms with Crippen LogP contribution in [0.2, 0.25) is 0 Å². The van der Waals surface area contributed by atoms with E-state index in [9.17, 15) is 14.7 Å². The van der Waals surface area contributed by atoms with Gasteiger partial charge in [-0.3, -0.25) is 4.79 Å². The van der Waals surface area contributed by atoms with Crippen molar-refractivity contribution in [3.05, 3.63) is 0 Å². The number of aliphatic hydroxyl groups is 2. The summed E-state index contributed by atoms with van der Waals surface area (Å²) in [6.07, 6.45) is 6.20. The van der Waals surface area contributed by atoms with Crippen LogP contribution in [0.3, 0.4) is 0 Å². The molecule has 0 bridgehead atoms. The van der Waals surface area contributed by atoms with Gasteiger partial charge >= 0.3 is 29.6 Å². The SMILES string of the molecule is CCCCCCCCC(C)(C(=O)[O-])C(=O)N(CCO)CCO.[Na+]. The summed E-state index contributed by atoms with van der Waals surface area (Å²) >= 11 is 0. The molecule has 0 aromatic rings. The third-order valence-corrected chi connectivity index (χ3v) is 3.98. The molecule has 1 amide bonds. The summed E-state index contributed by atoms with van der Waals surface area (Å²) in [4.78, 5) is 25.1. The number of amides is 1. The number of carbonyl (C=O) groups excluding carboxylic acids is 2. The number of aliphatic hydroxyl groups excluding tert-OH is 2. The van der Waals surface area contributed by atoms with Gasteiger partial charge < -0.3 is 25.0 Å². The monoisotopic (exact) mass is 339 g/mol. The molecule has 0 aromatic carbocycles. The molecule has 0 rings (SSSR count). The molecule has 0 saturated carbocycles. The zero-order chi connectivity index (χ0) is 17.0. The summed E-state index contributed by atoms with van der Waals surface area (Å²) < 4.78 is 0. The molecule has 6 nitrogen and oxygen atoms in total. The zero-order valence-corrected chi connectivity index (χ0v) is 16.8. The summed E-state index contributed by atoms with van der Waals surface area (Å²) in [5.74, 6) is -1.99. The van der Waals surface area contributed by atoms with E-state index < -0.39 is 17.3 Å². The van der Waals surface area contributed by atoms with Crippen molar-refractivity contribution in [3.63, 3.8) is 0 Å². The Labute approximate surface area is 161 Å². The maximum atomic E-state index is 12.4. The molecule has 0 saturated heterocycles. The van der Waals surface area contributed by atoms with Gasteiger partial charge in [-0.15, -0.1) is 0 Å². The molecule has 1 atom stereocenters. The molecule has 0 radical (unpaired) electrons. The van der Waals surface area contributed by atoms with E-state index in [4.69, 9.17) is 10.2 Å². The molecule has 130 valence electrons. The molecule has 0 heterocycles. The number of nitrogens with zero attached hydrogens (tertiary/aromatic N) is 1. The third-order valence-electron chi connectivity index (χ3n) is 3.98. The Hall–Kier alpha value is -0.140. The Morgan fingerprint density at radius 1 is 1.00 bits per heavy atom. The van der Waals surface area contributed by atoms with E-state index in [0.29, 0.717) is 6.42 Å². The van der Waals surface area contributed by atoms with Gasteiger partial charge in [-0.2, -0.15) is 0 Å². The minimum atomic E-state index is -1.60. The summed E-state index contributed by atoms with van der Waals surface area (Å²) in [7, 11) is 0. The number of unbranched alkanes of at least 4 members (excludes halogenated alkanes) is 5. The quantitative estimate of drug-likeness (QED) is 0.216. The average molecular weight is 339 g/mol. The Bertz CT molecular complexity index is 334. The Kier molecular flexibility index (Phi) is 15.5. The van der Waals surface area contributed by atoms with Gasteiger partial charge in [0.1, 0.15) is 0 Å². The van der Waals surface area contributed by atoms with Crippen LogP contribution in [0.15, 0.2) is 0 Å². The first-order valence-electron chi connectivity index (χ1n) is 8.16. The van der Waals surface area contributed by atoms with Crippen LogP contribution in [0.25, 0.3) is 0 Å². The molecular formula is C16H30NNaO5. The van der Waals surface area contributed by atoms with Crippen molar-refractivity contribution in [1.82, 2.24) is 4.90 Å². The van der Waals surface area contributed by atoms with Gasteiger partial charge in [0.25, 0.3) is 0 Å². The van der Waals surface area contributed by atoms with Crippen molar-refractivity contribution in [2.24, 2.45) is 5.41 Å². The van der Waals surface area contributed by atoms with E-state index in [2.05, 4.69) is 6.92 Å². The van der Waals surface area contributed by atoms with Crippen molar-refractivity contribution < 1.29 is 54.5 Å². The second-order valence-corrected chi connectivity index (χ2v) is 5.88. The van der Waals surface area contributed by atoms with Crippen LogP contribution in [-0.2, 0) is 9.59 Å². The predicted octanol–water partition coefficient (Wildman–Crippen LogP) is -2.69. The summed E-state index contributed by atoms with van der Waals surface area (Å²) in [6, 6.07) is 0. The van der Waals surface area contributed by atoms with Crippen molar-refractivity contribution in [1.29, 1.82) is 0 Å². The van der Waals surface area contributed by atoms with Crippen molar-refractivity contribution >= 4 is 11.9 Å². The summed E-state index contributed by atoms with van der Waals surface area (Å²) in [6.45, 7) is 2.98. The maximum absolute atomic E-state index is 12.4. The normalized spacial score (nSPS) is 13.0. The fourth-order valence-corrected chi connectivity index (χ4v) is 2.46. The van der Waals surface area contributed by atoms with Crippen LogP contribution in [0.1, 0.15) is 58.8 Å². The average Bonchev–Trinajstić information content (AvgIpc) is 2.49. The van der Waals surface area contributed by atoms with E-state index in [1.807, 2.05) is 0 Å². The van der Waals surface area contributed by atoms with Crippen LogP contribution < -0.4 is 34.7 Å². The van der Waals surface area contributed by atoms with Crippen molar-refractivity contribution in [3.8, 4) is 0 Å². The fraction of sp³-hybridized carbons (Fsp3) is 0.875. The number of carboxylic acids is 1. The van der Waals surface area contributed by atoms with Gasteiger partial charge in [0.15, 0.2) is 0 Å². The fourth-order valence-electron chi connectivity index (χ4n) is 2.46. The molecule has 0 aliphatic rings. The Morgan fingerprint density at radius 2 is 1.48 bits per heavy atom. The number of hydrogen-bond donors (Lipinski definition) is 2. The zero-order valence-electron chi connectivity index (χ0n) is 14.8. The number of carboxylic acid groups (broad SMARTS) is 1. The second-order valence-electron chi connectivity index (χ2n) is 5.88. The van der Waals surface area contributed by atoms with Gasteiger partial charge in [0, 0.05) is 13.1 Å². The molecule has 0 aliphatic carbocycles. The van der Waals surface area contributed by atoms with Gasteiger partial charge in [-0.05, 0) is 13.3 Å². The number of hydrogen-bond acceptors (Lipinski definition) is 5. The molecule has 1 unspecified atom stereocenters. The number of carbonyl (C=O) groups is 2. The van der Waals surface area contributed by atoms with Crippen molar-refractivity contribution in [2.75, 3.05) is 26.3 Å². The van der Waals surface area contributed by atoms with Gasteiger partial charge in [0.2, 0.25) is 5.91 Å². The van der Waals surface area contributed by atoms with E-state index in [1.165, 1.54) is 11.8 Å². The van der Waals surface area contributed by atoms with Crippen LogP contribution in [-0.4, -0.2) is 53.3 Å². The molecule has 23 heavy (non-hydrogen) atoms. The molecule has 7 heteroatoms. The largest absolute Gasteiger partial charge is 1.00 e. The number of rotatable bonds is 13.